The van der Waals surface area contributed by atoms with Gasteiger partial charge in [0.15, 0.2) is 0 Å². The largest absolute Gasteiger partial charge is 0.476 e. The third kappa shape index (κ3) is 6.44. The molecule has 5 nitrogen and oxygen atoms in total. The van der Waals surface area contributed by atoms with Crippen molar-refractivity contribution >= 4 is 17.5 Å². The summed E-state index contributed by atoms with van der Waals surface area (Å²) >= 11 is 0. The fourth-order valence-electron chi connectivity index (χ4n) is 3.03. The summed E-state index contributed by atoms with van der Waals surface area (Å²) in [4.78, 5) is 25.1. The van der Waals surface area contributed by atoms with Gasteiger partial charge in [0.25, 0.3) is 5.91 Å². The Morgan fingerprint density at radius 3 is 2.23 bits per heavy atom. The number of hydrogen-bond donors (Lipinski definition) is 2. The summed E-state index contributed by atoms with van der Waals surface area (Å²) in [5.41, 5.74) is 2.39. The van der Waals surface area contributed by atoms with Crippen LogP contribution in [0.4, 0.5) is 5.69 Å². The van der Waals surface area contributed by atoms with Crippen LogP contribution in [0, 0.1) is 5.92 Å². The third-order valence-corrected chi connectivity index (χ3v) is 5.06. The highest BCUT2D eigenvalue weighted by molar-refractivity contribution is 5.92. The number of carbonyl (C=O) groups is 2. The predicted octanol–water partition coefficient (Wildman–Crippen LogP) is 5.11. The Labute approximate surface area is 183 Å². The molecule has 0 bridgehead atoms. The summed E-state index contributed by atoms with van der Waals surface area (Å²) < 4.78 is 6.00. The van der Waals surface area contributed by atoms with E-state index >= 15 is 0 Å². The molecule has 0 heterocycles. The van der Waals surface area contributed by atoms with Gasteiger partial charge in [-0.25, -0.2) is 0 Å². The van der Waals surface area contributed by atoms with Gasteiger partial charge in [0.2, 0.25) is 12.0 Å². The molecular weight excluding hydrogens is 388 g/mol. The molecule has 0 saturated heterocycles. The third-order valence-electron chi connectivity index (χ3n) is 5.06. The molecule has 0 fully saturated rings. The fraction of sp³-hybridized carbons (Fsp3) is 0.231. The summed E-state index contributed by atoms with van der Waals surface area (Å²) in [5.74, 6) is 0.333. The SMILES string of the molecule is CCC(C)C(=O)Nc1cccc(CNC(=O)C(Oc2ccccc2)c2ccccc2)c1. The maximum atomic E-state index is 13.0. The minimum Gasteiger partial charge on any atom is -0.476 e. The maximum Gasteiger partial charge on any atom is 0.266 e. The van der Waals surface area contributed by atoms with Crippen LogP contribution in [0.2, 0.25) is 0 Å². The number of anilines is 1. The normalized spacial score (nSPS) is 12.5. The van der Waals surface area contributed by atoms with Crippen molar-refractivity contribution in [3.8, 4) is 5.75 Å². The highest BCUT2D eigenvalue weighted by atomic mass is 16.5. The van der Waals surface area contributed by atoms with Gasteiger partial charge >= 0.3 is 0 Å². The molecule has 31 heavy (non-hydrogen) atoms. The first kappa shape index (κ1) is 22.1. The molecule has 5 heteroatoms. The van der Waals surface area contributed by atoms with E-state index in [-0.39, 0.29) is 17.7 Å². The molecule has 0 aliphatic heterocycles. The lowest BCUT2D eigenvalue weighted by atomic mass is 10.1. The number of para-hydroxylation sites is 1. The molecule has 0 spiro atoms. The summed E-state index contributed by atoms with van der Waals surface area (Å²) in [7, 11) is 0. The average molecular weight is 417 g/mol. The van der Waals surface area contributed by atoms with Crippen molar-refractivity contribution in [2.45, 2.75) is 32.9 Å². The smallest absolute Gasteiger partial charge is 0.266 e. The Bertz CT molecular complexity index is 990. The summed E-state index contributed by atoms with van der Waals surface area (Å²) in [6.45, 7) is 4.21. The van der Waals surface area contributed by atoms with Gasteiger partial charge in [0.05, 0.1) is 0 Å². The zero-order chi connectivity index (χ0) is 22.1. The first-order chi connectivity index (χ1) is 15.1. The number of amides is 2. The molecule has 0 radical (unpaired) electrons. The summed E-state index contributed by atoms with van der Waals surface area (Å²) in [6.07, 6.45) is 0.0148. The van der Waals surface area contributed by atoms with Crippen LogP contribution in [-0.2, 0) is 16.1 Å². The van der Waals surface area contributed by atoms with Crippen LogP contribution < -0.4 is 15.4 Å². The molecule has 3 aromatic carbocycles. The van der Waals surface area contributed by atoms with Gasteiger partial charge in [-0.3, -0.25) is 9.59 Å². The quantitative estimate of drug-likeness (QED) is 0.509. The van der Waals surface area contributed by atoms with Crippen molar-refractivity contribution in [3.05, 3.63) is 96.1 Å². The van der Waals surface area contributed by atoms with Crippen LogP contribution in [0.1, 0.15) is 37.5 Å². The Morgan fingerprint density at radius 2 is 1.55 bits per heavy atom. The zero-order valence-corrected chi connectivity index (χ0v) is 17.9. The van der Waals surface area contributed by atoms with Gasteiger partial charge in [-0.05, 0) is 36.2 Å². The van der Waals surface area contributed by atoms with Crippen molar-refractivity contribution in [1.82, 2.24) is 5.32 Å². The van der Waals surface area contributed by atoms with E-state index in [4.69, 9.17) is 4.74 Å². The van der Waals surface area contributed by atoms with E-state index in [0.29, 0.717) is 12.3 Å². The minimum absolute atomic E-state index is 0.0101. The Kier molecular flexibility index (Phi) is 7.82. The van der Waals surface area contributed by atoms with Gasteiger partial charge in [0, 0.05) is 23.7 Å². The standard InChI is InChI=1S/C26H28N2O3/c1-3-19(2)25(29)28-22-14-10-11-20(17-22)18-27-26(30)24(21-12-6-4-7-13-21)31-23-15-8-5-9-16-23/h4-17,19,24H,3,18H2,1-2H3,(H,27,30)(H,28,29). The zero-order valence-electron chi connectivity index (χ0n) is 17.9. The fourth-order valence-corrected chi connectivity index (χ4v) is 3.03. The Balaban J connectivity index is 1.68. The lowest BCUT2D eigenvalue weighted by molar-refractivity contribution is -0.128. The molecule has 0 saturated carbocycles. The predicted molar refractivity (Wildman–Crippen MR) is 123 cm³/mol. The molecule has 0 aliphatic carbocycles. The Morgan fingerprint density at radius 1 is 0.871 bits per heavy atom. The number of benzene rings is 3. The van der Waals surface area contributed by atoms with E-state index in [9.17, 15) is 9.59 Å². The molecule has 0 aromatic heterocycles. The second kappa shape index (κ2) is 11.0. The van der Waals surface area contributed by atoms with Crippen molar-refractivity contribution in [1.29, 1.82) is 0 Å². The highest BCUT2D eigenvalue weighted by Gasteiger charge is 2.22. The van der Waals surface area contributed by atoms with Gasteiger partial charge in [-0.1, -0.05) is 74.5 Å². The molecule has 2 unspecified atom stereocenters. The van der Waals surface area contributed by atoms with Crippen molar-refractivity contribution in [2.24, 2.45) is 5.92 Å². The molecule has 160 valence electrons. The average Bonchev–Trinajstić information content (AvgIpc) is 2.82. The van der Waals surface area contributed by atoms with Gasteiger partial charge in [-0.15, -0.1) is 0 Å². The summed E-state index contributed by atoms with van der Waals surface area (Å²) in [5, 5.41) is 5.88. The minimum atomic E-state index is -0.767. The van der Waals surface area contributed by atoms with Crippen molar-refractivity contribution < 1.29 is 14.3 Å². The summed E-state index contributed by atoms with van der Waals surface area (Å²) in [6, 6.07) is 26.2. The molecular formula is C26H28N2O3. The maximum absolute atomic E-state index is 13.0. The lowest BCUT2D eigenvalue weighted by Crippen LogP contribution is -2.32. The number of carbonyl (C=O) groups excluding carboxylic acids is 2. The van der Waals surface area contributed by atoms with Gasteiger partial charge in [0.1, 0.15) is 5.75 Å². The molecule has 2 atom stereocenters. The van der Waals surface area contributed by atoms with Crippen LogP contribution in [0.3, 0.4) is 0 Å². The molecule has 3 aromatic rings. The number of ether oxygens (including phenoxy) is 1. The molecule has 0 aliphatic rings. The van der Waals surface area contributed by atoms with Crippen molar-refractivity contribution in [2.75, 3.05) is 5.32 Å². The first-order valence-corrected chi connectivity index (χ1v) is 10.5. The van der Waals surface area contributed by atoms with Crippen LogP contribution in [0.5, 0.6) is 5.75 Å². The van der Waals surface area contributed by atoms with Gasteiger partial charge in [-0.2, -0.15) is 0 Å². The van der Waals surface area contributed by atoms with Crippen LogP contribution in [0.25, 0.3) is 0 Å². The van der Waals surface area contributed by atoms with E-state index in [1.165, 1.54) is 0 Å². The molecule has 3 rings (SSSR count). The van der Waals surface area contributed by atoms with Crippen molar-refractivity contribution in [3.63, 3.8) is 0 Å². The van der Waals surface area contributed by atoms with E-state index in [1.54, 1.807) is 0 Å². The highest BCUT2D eigenvalue weighted by Crippen LogP contribution is 2.22. The first-order valence-electron chi connectivity index (χ1n) is 10.5. The second-order valence-corrected chi connectivity index (χ2v) is 7.44. The number of hydrogen-bond acceptors (Lipinski definition) is 3. The van der Waals surface area contributed by atoms with E-state index < -0.39 is 6.10 Å². The molecule has 2 amide bonds. The van der Waals surface area contributed by atoms with Gasteiger partial charge < -0.3 is 15.4 Å². The Hall–Kier alpha value is -3.60. The topological polar surface area (TPSA) is 67.4 Å². The van der Waals surface area contributed by atoms with Crippen LogP contribution in [-0.4, -0.2) is 11.8 Å². The second-order valence-electron chi connectivity index (χ2n) is 7.44. The lowest BCUT2D eigenvalue weighted by Gasteiger charge is -2.19. The van der Waals surface area contributed by atoms with Crippen LogP contribution >= 0.6 is 0 Å². The monoisotopic (exact) mass is 416 g/mol. The van der Waals surface area contributed by atoms with E-state index in [0.717, 1.165) is 23.2 Å². The van der Waals surface area contributed by atoms with E-state index in [2.05, 4.69) is 10.6 Å². The number of nitrogens with one attached hydrogen (secondary N) is 2. The van der Waals surface area contributed by atoms with Crippen LogP contribution in [0.15, 0.2) is 84.9 Å². The van der Waals surface area contributed by atoms with E-state index in [1.807, 2.05) is 98.8 Å². The molecule has 2 N–H and O–H groups in total. The number of rotatable bonds is 9.